The Kier molecular flexibility index (Phi) is 6.23. The summed E-state index contributed by atoms with van der Waals surface area (Å²) in [4.78, 5) is 14.3. The molecule has 0 radical (unpaired) electrons. The third-order valence-electron chi connectivity index (χ3n) is 5.48. The number of carbonyl (C=O) groups excluding carboxylic acids is 1. The van der Waals surface area contributed by atoms with Crippen molar-refractivity contribution in [3.05, 3.63) is 0 Å². The molecule has 0 aromatic heterocycles. The predicted octanol–water partition coefficient (Wildman–Crippen LogP) is 2.85. The van der Waals surface area contributed by atoms with E-state index in [9.17, 15) is 9.90 Å². The SMILES string of the molecule is CCC1(CO)CCN(C(=O)NC2CCCC(SC)C2)CC1. The molecule has 2 unspecified atom stereocenters. The first kappa shape index (κ1) is 16.9. The molecule has 2 amide bonds. The van der Waals surface area contributed by atoms with E-state index in [0.717, 1.165) is 45.2 Å². The van der Waals surface area contributed by atoms with E-state index in [1.807, 2.05) is 16.7 Å². The van der Waals surface area contributed by atoms with Crippen molar-refractivity contribution in [2.75, 3.05) is 26.0 Å². The molecule has 0 aromatic rings. The quantitative estimate of drug-likeness (QED) is 0.839. The minimum Gasteiger partial charge on any atom is -0.396 e. The van der Waals surface area contributed by atoms with E-state index in [1.54, 1.807) is 0 Å². The number of thioether (sulfide) groups is 1. The molecule has 0 bridgehead atoms. The molecule has 2 rings (SSSR count). The normalized spacial score (nSPS) is 29.2. The van der Waals surface area contributed by atoms with Gasteiger partial charge in [0.2, 0.25) is 0 Å². The Bertz CT molecular complexity index is 337. The molecule has 1 heterocycles. The fraction of sp³-hybridized carbons (Fsp3) is 0.938. The van der Waals surface area contributed by atoms with Gasteiger partial charge in [0.25, 0.3) is 0 Å². The van der Waals surface area contributed by atoms with E-state index in [2.05, 4.69) is 18.5 Å². The van der Waals surface area contributed by atoms with Crippen molar-refractivity contribution in [2.24, 2.45) is 5.41 Å². The van der Waals surface area contributed by atoms with Crippen LogP contribution in [0.1, 0.15) is 51.9 Å². The third-order valence-corrected chi connectivity index (χ3v) is 6.58. The molecule has 0 spiro atoms. The fourth-order valence-corrected chi connectivity index (χ4v) is 4.39. The van der Waals surface area contributed by atoms with E-state index >= 15 is 0 Å². The van der Waals surface area contributed by atoms with Gasteiger partial charge in [0.1, 0.15) is 0 Å². The fourth-order valence-electron chi connectivity index (χ4n) is 3.56. The second-order valence-corrected chi connectivity index (χ2v) is 7.81. The molecule has 0 aromatic carbocycles. The summed E-state index contributed by atoms with van der Waals surface area (Å²) in [6.07, 6.45) is 9.74. The number of amides is 2. The van der Waals surface area contributed by atoms with Gasteiger partial charge in [-0.15, -0.1) is 0 Å². The predicted molar refractivity (Wildman–Crippen MR) is 88.7 cm³/mol. The largest absolute Gasteiger partial charge is 0.396 e. The minimum absolute atomic E-state index is 0.0472. The summed E-state index contributed by atoms with van der Waals surface area (Å²) in [6, 6.07) is 0.448. The van der Waals surface area contributed by atoms with Crippen LogP contribution in [0, 0.1) is 5.41 Å². The van der Waals surface area contributed by atoms with E-state index in [4.69, 9.17) is 0 Å². The number of aliphatic hydroxyl groups is 1. The van der Waals surface area contributed by atoms with Crippen molar-refractivity contribution < 1.29 is 9.90 Å². The monoisotopic (exact) mass is 314 g/mol. The van der Waals surface area contributed by atoms with Crippen LogP contribution in [0.15, 0.2) is 0 Å². The van der Waals surface area contributed by atoms with Gasteiger partial charge in [-0.2, -0.15) is 11.8 Å². The number of hydrogen-bond donors (Lipinski definition) is 2. The smallest absolute Gasteiger partial charge is 0.317 e. The van der Waals surface area contributed by atoms with Gasteiger partial charge in [-0.1, -0.05) is 13.3 Å². The van der Waals surface area contributed by atoms with Crippen LogP contribution in [-0.4, -0.2) is 53.3 Å². The first-order chi connectivity index (χ1) is 10.1. The van der Waals surface area contributed by atoms with Crippen LogP contribution in [0.3, 0.4) is 0 Å². The van der Waals surface area contributed by atoms with Gasteiger partial charge in [0, 0.05) is 31.0 Å². The molecule has 1 saturated carbocycles. The molecular weight excluding hydrogens is 284 g/mol. The standard InChI is InChI=1S/C16H30N2O2S/c1-3-16(12-19)7-9-18(10-8-16)15(20)17-13-5-4-6-14(11-13)21-2/h13-14,19H,3-12H2,1-2H3,(H,17,20). The minimum atomic E-state index is 0.0472. The van der Waals surface area contributed by atoms with Crippen molar-refractivity contribution in [3.8, 4) is 0 Å². The Morgan fingerprint density at radius 3 is 2.67 bits per heavy atom. The lowest BCUT2D eigenvalue weighted by atomic mass is 9.77. The van der Waals surface area contributed by atoms with Crippen molar-refractivity contribution >= 4 is 17.8 Å². The second-order valence-electron chi connectivity index (χ2n) is 6.67. The highest BCUT2D eigenvalue weighted by Crippen LogP contribution is 2.34. The molecule has 2 fully saturated rings. The zero-order valence-corrected chi connectivity index (χ0v) is 14.3. The maximum atomic E-state index is 12.4. The zero-order valence-electron chi connectivity index (χ0n) is 13.4. The molecule has 1 saturated heterocycles. The number of nitrogens with one attached hydrogen (secondary N) is 1. The Morgan fingerprint density at radius 2 is 2.10 bits per heavy atom. The summed E-state index contributed by atoms with van der Waals surface area (Å²) >= 11 is 1.93. The van der Waals surface area contributed by atoms with Gasteiger partial charge >= 0.3 is 6.03 Å². The molecule has 122 valence electrons. The Morgan fingerprint density at radius 1 is 1.38 bits per heavy atom. The van der Waals surface area contributed by atoms with Crippen LogP contribution in [0.25, 0.3) is 0 Å². The third kappa shape index (κ3) is 4.28. The number of likely N-dealkylation sites (tertiary alicyclic amines) is 1. The summed E-state index contributed by atoms with van der Waals surface area (Å²) in [5.41, 5.74) is 0.0472. The summed E-state index contributed by atoms with van der Waals surface area (Å²) in [5.74, 6) is 0. The first-order valence-electron chi connectivity index (χ1n) is 8.31. The molecule has 2 atom stereocenters. The number of aliphatic hydroxyl groups excluding tert-OH is 1. The van der Waals surface area contributed by atoms with Crippen molar-refractivity contribution in [3.63, 3.8) is 0 Å². The van der Waals surface area contributed by atoms with Crippen LogP contribution >= 0.6 is 11.8 Å². The van der Waals surface area contributed by atoms with Crippen LogP contribution in [-0.2, 0) is 0 Å². The Balaban J connectivity index is 1.79. The van der Waals surface area contributed by atoms with E-state index in [-0.39, 0.29) is 18.1 Å². The maximum Gasteiger partial charge on any atom is 0.317 e. The number of piperidine rings is 1. The summed E-state index contributed by atoms with van der Waals surface area (Å²) in [6.45, 7) is 3.94. The zero-order chi connectivity index (χ0) is 15.3. The molecule has 5 heteroatoms. The summed E-state index contributed by atoms with van der Waals surface area (Å²) in [5, 5.41) is 13.5. The maximum absolute atomic E-state index is 12.4. The highest BCUT2D eigenvalue weighted by atomic mass is 32.2. The van der Waals surface area contributed by atoms with Gasteiger partial charge in [-0.25, -0.2) is 4.79 Å². The number of hydrogen-bond acceptors (Lipinski definition) is 3. The molecule has 4 nitrogen and oxygen atoms in total. The van der Waals surface area contributed by atoms with Crippen molar-refractivity contribution in [2.45, 2.75) is 63.2 Å². The topological polar surface area (TPSA) is 52.6 Å². The highest BCUT2D eigenvalue weighted by molar-refractivity contribution is 7.99. The number of nitrogens with zero attached hydrogens (tertiary/aromatic N) is 1. The molecule has 1 aliphatic carbocycles. The lowest BCUT2D eigenvalue weighted by Crippen LogP contribution is -2.51. The second kappa shape index (κ2) is 7.73. The highest BCUT2D eigenvalue weighted by Gasteiger charge is 2.34. The number of rotatable bonds is 4. The van der Waals surface area contributed by atoms with Crippen molar-refractivity contribution in [1.29, 1.82) is 0 Å². The Hall–Kier alpha value is -0.420. The first-order valence-corrected chi connectivity index (χ1v) is 9.60. The summed E-state index contributed by atoms with van der Waals surface area (Å²) < 4.78 is 0. The van der Waals surface area contributed by atoms with Gasteiger partial charge in [-0.3, -0.25) is 0 Å². The molecular formula is C16H30N2O2S. The molecule has 2 N–H and O–H groups in total. The van der Waals surface area contributed by atoms with Crippen molar-refractivity contribution in [1.82, 2.24) is 10.2 Å². The van der Waals surface area contributed by atoms with Gasteiger partial charge in [-0.05, 0) is 50.2 Å². The molecule has 2 aliphatic rings. The average molecular weight is 314 g/mol. The van der Waals surface area contributed by atoms with E-state index in [0.29, 0.717) is 11.3 Å². The Labute approximate surface area is 133 Å². The van der Waals surface area contributed by atoms with E-state index < -0.39 is 0 Å². The van der Waals surface area contributed by atoms with Crippen LogP contribution < -0.4 is 5.32 Å². The van der Waals surface area contributed by atoms with Crippen LogP contribution in [0.4, 0.5) is 4.79 Å². The van der Waals surface area contributed by atoms with E-state index in [1.165, 1.54) is 12.8 Å². The van der Waals surface area contributed by atoms with Gasteiger partial charge in [0.15, 0.2) is 0 Å². The number of urea groups is 1. The molecule has 21 heavy (non-hydrogen) atoms. The van der Waals surface area contributed by atoms with Gasteiger partial charge in [0.05, 0.1) is 0 Å². The van der Waals surface area contributed by atoms with Crippen LogP contribution in [0.2, 0.25) is 0 Å². The summed E-state index contributed by atoms with van der Waals surface area (Å²) in [7, 11) is 0. The lowest BCUT2D eigenvalue weighted by Gasteiger charge is -2.41. The van der Waals surface area contributed by atoms with Crippen LogP contribution in [0.5, 0.6) is 0 Å². The average Bonchev–Trinajstić information content (AvgIpc) is 2.55. The van der Waals surface area contributed by atoms with Gasteiger partial charge < -0.3 is 15.3 Å². The lowest BCUT2D eigenvalue weighted by molar-refractivity contribution is 0.0512. The number of carbonyl (C=O) groups is 1. The molecule has 1 aliphatic heterocycles.